The number of fused-ring (bicyclic) bond motifs is 1. The van der Waals surface area contributed by atoms with Crippen LogP contribution >= 0.6 is 0 Å². The minimum Gasteiger partial charge on any atom is -0.382 e. The Morgan fingerprint density at radius 3 is 2.84 bits per heavy atom. The summed E-state index contributed by atoms with van der Waals surface area (Å²) in [5, 5.41) is 21.3. The lowest BCUT2D eigenvalue weighted by Gasteiger charge is -2.09. The Kier molecular flexibility index (Phi) is 4.31. The molecule has 94 valence electrons. The SMILES string of the molecule is C#CCCCCNc1c(C#N)nnc2ccccc12. The number of unbranched alkanes of at least 4 members (excludes halogenated alkanes) is 2. The summed E-state index contributed by atoms with van der Waals surface area (Å²) in [5.74, 6) is 2.62. The van der Waals surface area contributed by atoms with Crippen molar-refractivity contribution < 1.29 is 0 Å². The predicted octanol–water partition coefficient (Wildman–Crippen LogP) is 2.72. The van der Waals surface area contributed by atoms with Crippen LogP contribution in [0.4, 0.5) is 5.69 Å². The number of terminal acetylenes is 1. The molecule has 4 nitrogen and oxygen atoms in total. The third-order valence-electron chi connectivity index (χ3n) is 2.82. The summed E-state index contributed by atoms with van der Waals surface area (Å²) in [6, 6.07) is 9.72. The van der Waals surface area contributed by atoms with Crippen LogP contribution in [0.3, 0.4) is 0 Å². The van der Waals surface area contributed by atoms with E-state index >= 15 is 0 Å². The molecule has 1 aromatic heterocycles. The Morgan fingerprint density at radius 1 is 1.21 bits per heavy atom. The monoisotopic (exact) mass is 250 g/mol. The Morgan fingerprint density at radius 2 is 2.05 bits per heavy atom. The van der Waals surface area contributed by atoms with Crippen molar-refractivity contribution >= 4 is 16.6 Å². The van der Waals surface area contributed by atoms with Crippen LogP contribution in [-0.2, 0) is 0 Å². The van der Waals surface area contributed by atoms with Crippen molar-refractivity contribution in [3.05, 3.63) is 30.0 Å². The average molecular weight is 250 g/mol. The molecule has 0 fully saturated rings. The number of nitrogens with zero attached hydrogens (tertiary/aromatic N) is 3. The van der Waals surface area contributed by atoms with Gasteiger partial charge >= 0.3 is 0 Å². The average Bonchev–Trinajstić information content (AvgIpc) is 2.47. The molecule has 1 heterocycles. The molecule has 4 heteroatoms. The number of nitriles is 1. The van der Waals surface area contributed by atoms with E-state index in [0.717, 1.165) is 42.4 Å². The van der Waals surface area contributed by atoms with Crippen molar-refractivity contribution in [3.8, 4) is 18.4 Å². The zero-order chi connectivity index (χ0) is 13.5. The van der Waals surface area contributed by atoms with Crippen molar-refractivity contribution in [2.45, 2.75) is 19.3 Å². The lowest BCUT2D eigenvalue weighted by atomic mass is 10.1. The molecule has 0 unspecified atom stereocenters. The van der Waals surface area contributed by atoms with Gasteiger partial charge in [-0.2, -0.15) is 5.26 Å². The van der Waals surface area contributed by atoms with Gasteiger partial charge in [-0.15, -0.1) is 22.5 Å². The van der Waals surface area contributed by atoms with E-state index in [2.05, 4.69) is 27.5 Å². The molecule has 1 N–H and O–H groups in total. The number of hydrogen-bond acceptors (Lipinski definition) is 4. The van der Waals surface area contributed by atoms with Crippen LogP contribution in [0.1, 0.15) is 25.0 Å². The summed E-state index contributed by atoms with van der Waals surface area (Å²) in [7, 11) is 0. The molecule has 0 aliphatic carbocycles. The van der Waals surface area contributed by atoms with Gasteiger partial charge in [-0.1, -0.05) is 18.2 Å². The first-order valence-electron chi connectivity index (χ1n) is 6.19. The van der Waals surface area contributed by atoms with Gasteiger partial charge in [0.2, 0.25) is 0 Å². The van der Waals surface area contributed by atoms with Crippen LogP contribution in [0.5, 0.6) is 0 Å². The lowest BCUT2D eigenvalue weighted by Crippen LogP contribution is -2.06. The van der Waals surface area contributed by atoms with E-state index in [-0.39, 0.29) is 0 Å². The minimum absolute atomic E-state index is 0.329. The predicted molar refractivity (Wildman–Crippen MR) is 75.4 cm³/mol. The minimum atomic E-state index is 0.329. The molecule has 0 bridgehead atoms. The third kappa shape index (κ3) is 3.00. The van der Waals surface area contributed by atoms with Crippen molar-refractivity contribution in [1.29, 1.82) is 5.26 Å². The molecule has 2 aromatic rings. The molecule has 19 heavy (non-hydrogen) atoms. The molecule has 0 aliphatic heterocycles. The molecular formula is C15H14N4. The van der Waals surface area contributed by atoms with Crippen molar-refractivity contribution in [2.24, 2.45) is 0 Å². The number of hydrogen-bond donors (Lipinski definition) is 1. The lowest BCUT2D eigenvalue weighted by molar-refractivity contribution is 0.789. The summed E-state index contributed by atoms with van der Waals surface area (Å²) in [6.45, 7) is 0.770. The number of aromatic nitrogens is 2. The van der Waals surface area contributed by atoms with Crippen molar-refractivity contribution in [1.82, 2.24) is 10.2 Å². The summed E-state index contributed by atoms with van der Waals surface area (Å²) in [4.78, 5) is 0. The first-order valence-corrected chi connectivity index (χ1v) is 6.19. The van der Waals surface area contributed by atoms with Crippen molar-refractivity contribution in [3.63, 3.8) is 0 Å². The molecule has 0 aliphatic rings. The Labute approximate surface area is 112 Å². The fraction of sp³-hybridized carbons (Fsp3) is 0.267. The molecule has 0 saturated carbocycles. The molecule has 0 spiro atoms. The zero-order valence-corrected chi connectivity index (χ0v) is 10.6. The maximum Gasteiger partial charge on any atom is 0.186 e. The van der Waals surface area contributed by atoms with E-state index in [1.54, 1.807) is 0 Å². The van der Waals surface area contributed by atoms with Gasteiger partial charge in [-0.05, 0) is 18.9 Å². The van der Waals surface area contributed by atoms with E-state index in [4.69, 9.17) is 11.7 Å². The third-order valence-corrected chi connectivity index (χ3v) is 2.82. The molecular weight excluding hydrogens is 236 g/mol. The molecule has 0 saturated heterocycles. The fourth-order valence-electron chi connectivity index (χ4n) is 1.88. The highest BCUT2D eigenvalue weighted by Crippen LogP contribution is 2.23. The quantitative estimate of drug-likeness (QED) is 0.654. The van der Waals surface area contributed by atoms with Gasteiger partial charge in [0, 0.05) is 18.4 Å². The van der Waals surface area contributed by atoms with Crippen LogP contribution in [0, 0.1) is 23.7 Å². The van der Waals surface area contributed by atoms with Gasteiger partial charge in [0.05, 0.1) is 11.2 Å². The van der Waals surface area contributed by atoms with Gasteiger partial charge in [0.1, 0.15) is 6.07 Å². The van der Waals surface area contributed by atoms with Crippen molar-refractivity contribution in [2.75, 3.05) is 11.9 Å². The topological polar surface area (TPSA) is 61.6 Å². The van der Waals surface area contributed by atoms with Gasteiger partial charge in [0.15, 0.2) is 5.69 Å². The summed E-state index contributed by atoms with van der Waals surface area (Å²) in [6.07, 6.45) is 7.93. The number of benzene rings is 1. The maximum atomic E-state index is 9.10. The highest BCUT2D eigenvalue weighted by Gasteiger charge is 2.09. The van der Waals surface area contributed by atoms with E-state index in [1.807, 2.05) is 24.3 Å². The van der Waals surface area contributed by atoms with Gasteiger partial charge in [-0.25, -0.2) is 0 Å². The fourth-order valence-corrected chi connectivity index (χ4v) is 1.88. The molecule has 0 atom stereocenters. The van der Waals surface area contributed by atoms with Crippen LogP contribution in [-0.4, -0.2) is 16.7 Å². The normalized spacial score (nSPS) is 9.79. The molecule has 0 radical (unpaired) electrons. The van der Waals surface area contributed by atoms with Crippen LogP contribution in [0.15, 0.2) is 24.3 Å². The molecule has 1 aromatic carbocycles. The standard InChI is InChI=1S/C15H14N4/c1-2-3-4-7-10-17-15-12-8-5-6-9-13(12)18-19-14(15)11-16/h1,5-6,8-9H,3-4,7,10H2,(H,17,18). The van der Waals surface area contributed by atoms with E-state index in [0.29, 0.717) is 5.69 Å². The van der Waals surface area contributed by atoms with E-state index in [9.17, 15) is 0 Å². The van der Waals surface area contributed by atoms with Crippen LogP contribution < -0.4 is 5.32 Å². The van der Waals surface area contributed by atoms with E-state index in [1.165, 1.54) is 0 Å². The van der Waals surface area contributed by atoms with Gasteiger partial charge in [0.25, 0.3) is 0 Å². The van der Waals surface area contributed by atoms with Gasteiger partial charge in [-0.3, -0.25) is 0 Å². The summed E-state index contributed by atoms with van der Waals surface area (Å²) < 4.78 is 0. The Bertz CT molecular complexity index is 649. The van der Waals surface area contributed by atoms with Crippen LogP contribution in [0.25, 0.3) is 10.9 Å². The summed E-state index contributed by atoms with van der Waals surface area (Å²) in [5.41, 5.74) is 1.87. The first-order chi connectivity index (χ1) is 9.36. The summed E-state index contributed by atoms with van der Waals surface area (Å²) >= 11 is 0. The molecule has 0 amide bonds. The Hall–Kier alpha value is -2.59. The molecule has 2 rings (SSSR count). The Balaban J connectivity index is 2.20. The first kappa shape index (κ1) is 12.9. The van der Waals surface area contributed by atoms with Gasteiger partial charge < -0.3 is 5.32 Å². The second-order valence-corrected chi connectivity index (χ2v) is 4.14. The second kappa shape index (κ2) is 6.37. The second-order valence-electron chi connectivity index (χ2n) is 4.14. The zero-order valence-electron chi connectivity index (χ0n) is 10.6. The smallest absolute Gasteiger partial charge is 0.186 e. The van der Waals surface area contributed by atoms with Crippen LogP contribution in [0.2, 0.25) is 0 Å². The number of nitrogens with one attached hydrogen (secondary N) is 1. The maximum absolute atomic E-state index is 9.10. The largest absolute Gasteiger partial charge is 0.382 e. The number of rotatable bonds is 5. The number of anilines is 1. The highest BCUT2D eigenvalue weighted by molar-refractivity contribution is 5.92. The van der Waals surface area contributed by atoms with E-state index < -0.39 is 0 Å². The highest BCUT2D eigenvalue weighted by atomic mass is 15.1.